The highest BCUT2D eigenvalue weighted by Gasteiger charge is 2.19. The second-order valence-electron chi connectivity index (χ2n) is 5.75. The molecule has 140 valence electrons. The molecule has 3 aromatic rings. The van der Waals surface area contributed by atoms with Crippen molar-refractivity contribution in [3.05, 3.63) is 89.7 Å². The van der Waals surface area contributed by atoms with E-state index in [0.29, 0.717) is 5.69 Å². The lowest BCUT2D eigenvalue weighted by Gasteiger charge is -2.13. The summed E-state index contributed by atoms with van der Waals surface area (Å²) in [4.78, 5) is 12.5. The first-order valence-corrected chi connectivity index (χ1v) is 9.56. The van der Waals surface area contributed by atoms with Gasteiger partial charge in [0.2, 0.25) is 0 Å². The van der Waals surface area contributed by atoms with Crippen molar-refractivity contribution in [3.63, 3.8) is 0 Å². The molecule has 0 aliphatic heterocycles. The Bertz CT molecular complexity index is 1170. The lowest BCUT2D eigenvalue weighted by Crippen LogP contribution is -2.18. The van der Waals surface area contributed by atoms with E-state index in [1.165, 1.54) is 60.7 Å². The molecule has 28 heavy (non-hydrogen) atoms. The van der Waals surface area contributed by atoms with Crippen LogP contribution in [0.2, 0.25) is 0 Å². The number of hydrogen-bond acceptors (Lipinski definition) is 4. The third-order valence-electron chi connectivity index (χ3n) is 3.79. The number of carbonyl (C=O) groups is 1. The maximum atomic E-state index is 13.0. The Morgan fingerprint density at radius 1 is 0.964 bits per heavy atom. The van der Waals surface area contributed by atoms with Gasteiger partial charge in [0.15, 0.2) is 0 Å². The van der Waals surface area contributed by atoms with Gasteiger partial charge in [0, 0.05) is 5.69 Å². The van der Waals surface area contributed by atoms with E-state index in [0.717, 1.165) is 0 Å². The summed E-state index contributed by atoms with van der Waals surface area (Å²) >= 11 is 0. The van der Waals surface area contributed by atoms with Gasteiger partial charge in [0.25, 0.3) is 15.9 Å². The quantitative estimate of drug-likeness (QED) is 0.687. The average Bonchev–Trinajstić information content (AvgIpc) is 2.70. The van der Waals surface area contributed by atoms with Gasteiger partial charge in [-0.05, 0) is 54.6 Å². The topological polar surface area (TPSA) is 99.1 Å². The van der Waals surface area contributed by atoms with Crippen LogP contribution in [0.5, 0.6) is 0 Å². The van der Waals surface area contributed by atoms with E-state index in [1.54, 1.807) is 12.1 Å². The Morgan fingerprint density at radius 2 is 1.68 bits per heavy atom. The van der Waals surface area contributed by atoms with Crippen molar-refractivity contribution in [2.24, 2.45) is 0 Å². The van der Waals surface area contributed by atoms with E-state index in [2.05, 4.69) is 10.0 Å². The molecule has 3 aromatic carbocycles. The number of rotatable bonds is 5. The number of amides is 1. The summed E-state index contributed by atoms with van der Waals surface area (Å²) in [5.41, 5.74) is 0.729. The van der Waals surface area contributed by atoms with Crippen LogP contribution in [0.15, 0.2) is 77.7 Å². The zero-order chi connectivity index (χ0) is 20.1. The SMILES string of the molecule is N#Cc1cccc(S(=O)(=O)Nc2ccccc2C(=O)Nc2ccc(F)cc2)c1. The van der Waals surface area contributed by atoms with Crippen LogP contribution in [0.3, 0.4) is 0 Å². The van der Waals surface area contributed by atoms with Crippen LogP contribution in [0, 0.1) is 17.1 Å². The van der Waals surface area contributed by atoms with E-state index < -0.39 is 21.7 Å². The maximum absolute atomic E-state index is 13.0. The van der Waals surface area contributed by atoms with Crippen molar-refractivity contribution >= 4 is 27.3 Å². The van der Waals surface area contributed by atoms with Gasteiger partial charge < -0.3 is 5.32 Å². The van der Waals surface area contributed by atoms with Gasteiger partial charge in [-0.2, -0.15) is 5.26 Å². The molecule has 0 heterocycles. The van der Waals surface area contributed by atoms with Gasteiger partial charge in [-0.15, -0.1) is 0 Å². The Labute approximate surface area is 161 Å². The fourth-order valence-electron chi connectivity index (χ4n) is 2.44. The highest BCUT2D eigenvalue weighted by Crippen LogP contribution is 2.22. The van der Waals surface area contributed by atoms with Crippen molar-refractivity contribution < 1.29 is 17.6 Å². The van der Waals surface area contributed by atoms with Crippen molar-refractivity contribution in [1.82, 2.24) is 0 Å². The molecular weight excluding hydrogens is 381 g/mol. The summed E-state index contributed by atoms with van der Waals surface area (Å²) in [6.07, 6.45) is 0. The number of nitrogens with zero attached hydrogens (tertiary/aromatic N) is 1. The van der Waals surface area contributed by atoms with Gasteiger partial charge in [-0.25, -0.2) is 12.8 Å². The Kier molecular flexibility index (Phi) is 5.38. The number of sulfonamides is 1. The molecule has 3 rings (SSSR count). The van der Waals surface area contributed by atoms with E-state index in [4.69, 9.17) is 5.26 Å². The minimum atomic E-state index is -4.01. The summed E-state index contributed by atoms with van der Waals surface area (Å²) in [7, 11) is -4.01. The molecular formula is C20H14FN3O3S. The number of benzene rings is 3. The Hall–Kier alpha value is -3.70. The number of nitriles is 1. The highest BCUT2D eigenvalue weighted by atomic mass is 32.2. The molecule has 0 bridgehead atoms. The lowest BCUT2D eigenvalue weighted by atomic mass is 10.1. The summed E-state index contributed by atoms with van der Waals surface area (Å²) in [5.74, 6) is -0.999. The molecule has 0 fully saturated rings. The maximum Gasteiger partial charge on any atom is 0.261 e. The zero-order valence-electron chi connectivity index (χ0n) is 14.4. The zero-order valence-corrected chi connectivity index (χ0v) is 15.2. The van der Waals surface area contributed by atoms with Gasteiger partial charge in [0.1, 0.15) is 5.82 Å². The van der Waals surface area contributed by atoms with Crippen LogP contribution in [-0.4, -0.2) is 14.3 Å². The van der Waals surface area contributed by atoms with E-state index in [1.807, 2.05) is 6.07 Å². The number of anilines is 2. The highest BCUT2D eigenvalue weighted by molar-refractivity contribution is 7.92. The third-order valence-corrected chi connectivity index (χ3v) is 5.15. The minimum absolute atomic E-state index is 0.0736. The molecule has 0 saturated heterocycles. The second-order valence-corrected chi connectivity index (χ2v) is 7.43. The molecule has 0 aliphatic carbocycles. The van der Waals surface area contributed by atoms with Crippen molar-refractivity contribution in [3.8, 4) is 6.07 Å². The standard InChI is InChI=1S/C20H14FN3O3S/c21-15-8-10-16(11-9-15)23-20(25)18-6-1-2-7-19(18)24-28(26,27)17-5-3-4-14(12-17)13-22/h1-12,24H,(H,23,25). The summed E-state index contributed by atoms with van der Waals surface area (Å²) in [6, 6.07) is 18.7. The van der Waals surface area contributed by atoms with E-state index in [-0.39, 0.29) is 21.7 Å². The number of hydrogen-bond donors (Lipinski definition) is 2. The molecule has 6 nitrogen and oxygen atoms in total. The Balaban J connectivity index is 1.88. The second kappa shape index (κ2) is 7.90. The predicted molar refractivity (Wildman–Crippen MR) is 103 cm³/mol. The normalized spacial score (nSPS) is 10.7. The number of carbonyl (C=O) groups excluding carboxylic acids is 1. The van der Waals surface area contributed by atoms with E-state index >= 15 is 0 Å². The predicted octanol–water partition coefficient (Wildman–Crippen LogP) is 3.75. The Morgan fingerprint density at radius 3 is 2.39 bits per heavy atom. The van der Waals surface area contributed by atoms with Crippen LogP contribution in [-0.2, 0) is 10.0 Å². The van der Waals surface area contributed by atoms with Gasteiger partial charge >= 0.3 is 0 Å². The van der Waals surface area contributed by atoms with E-state index in [9.17, 15) is 17.6 Å². The van der Waals surface area contributed by atoms with Crippen LogP contribution < -0.4 is 10.0 Å². The molecule has 0 saturated carbocycles. The van der Waals surface area contributed by atoms with Gasteiger partial charge in [-0.1, -0.05) is 18.2 Å². The molecule has 0 spiro atoms. The first kappa shape index (κ1) is 19.1. The van der Waals surface area contributed by atoms with Gasteiger partial charge in [-0.3, -0.25) is 9.52 Å². The van der Waals surface area contributed by atoms with Crippen molar-refractivity contribution in [1.29, 1.82) is 5.26 Å². The molecule has 0 unspecified atom stereocenters. The lowest BCUT2D eigenvalue weighted by molar-refractivity contribution is 0.102. The third kappa shape index (κ3) is 4.34. The fourth-order valence-corrected chi connectivity index (χ4v) is 3.56. The molecule has 0 atom stereocenters. The molecule has 2 N–H and O–H groups in total. The molecule has 0 aliphatic rings. The minimum Gasteiger partial charge on any atom is -0.322 e. The monoisotopic (exact) mass is 395 g/mol. The van der Waals surface area contributed by atoms with Crippen molar-refractivity contribution in [2.45, 2.75) is 4.90 Å². The molecule has 0 aromatic heterocycles. The molecule has 0 radical (unpaired) electrons. The van der Waals surface area contributed by atoms with Crippen LogP contribution in [0.4, 0.5) is 15.8 Å². The van der Waals surface area contributed by atoms with Crippen LogP contribution in [0.25, 0.3) is 0 Å². The number of halogens is 1. The summed E-state index contributed by atoms with van der Waals surface area (Å²) < 4.78 is 40.7. The summed E-state index contributed by atoms with van der Waals surface area (Å²) in [6.45, 7) is 0. The largest absolute Gasteiger partial charge is 0.322 e. The summed E-state index contributed by atoms with van der Waals surface area (Å²) in [5, 5.41) is 11.5. The first-order chi connectivity index (χ1) is 13.4. The number of nitrogens with one attached hydrogen (secondary N) is 2. The van der Waals surface area contributed by atoms with Crippen LogP contribution in [0.1, 0.15) is 15.9 Å². The molecule has 8 heteroatoms. The molecule has 1 amide bonds. The average molecular weight is 395 g/mol. The van der Waals surface area contributed by atoms with Crippen molar-refractivity contribution in [2.75, 3.05) is 10.0 Å². The first-order valence-electron chi connectivity index (χ1n) is 8.08. The van der Waals surface area contributed by atoms with Crippen LogP contribution >= 0.6 is 0 Å². The number of para-hydroxylation sites is 1. The smallest absolute Gasteiger partial charge is 0.261 e. The van der Waals surface area contributed by atoms with Gasteiger partial charge in [0.05, 0.1) is 27.8 Å². The fraction of sp³-hybridized carbons (Fsp3) is 0.